The minimum Gasteiger partial charge on any atom is -0.495 e. The first kappa shape index (κ1) is 10.8. The molecule has 15 heavy (non-hydrogen) atoms. The smallest absolute Gasteiger partial charge is 0.137 e. The standard InChI is InChI=1S/C12H16ClNO/c1-12(5-6-12)11(14)8-3-4-10(15-2)9(13)7-8/h3-4,7,11H,5-6,14H2,1-2H3. The van der Waals surface area contributed by atoms with E-state index < -0.39 is 0 Å². The molecule has 3 heteroatoms. The normalized spacial score (nSPS) is 19.7. The summed E-state index contributed by atoms with van der Waals surface area (Å²) < 4.78 is 5.11. The number of hydrogen-bond acceptors (Lipinski definition) is 2. The van der Waals surface area contributed by atoms with Gasteiger partial charge < -0.3 is 10.5 Å². The predicted octanol–water partition coefficient (Wildman–Crippen LogP) is 3.15. The van der Waals surface area contributed by atoms with Crippen LogP contribution in [-0.2, 0) is 0 Å². The Hall–Kier alpha value is -0.730. The Morgan fingerprint density at radius 2 is 2.13 bits per heavy atom. The van der Waals surface area contributed by atoms with Crippen LogP contribution in [0.1, 0.15) is 31.4 Å². The van der Waals surface area contributed by atoms with Crippen LogP contribution in [0.5, 0.6) is 5.75 Å². The molecule has 1 aromatic rings. The maximum atomic E-state index is 6.20. The molecule has 0 radical (unpaired) electrons. The molecular weight excluding hydrogens is 210 g/mol. The van der Waals surface area contributed by atoms with Gasteiger partial charge in [0.1, 0.15) is 5.75 Å². The Bertz CT molecular complexity index is 374. The third-order valence-electron chi connectivity index (χ3n) is 3.32. The maximum absolute atomic E-state index is 6.20. The van der Waals surface area contributed by atoms with E-state index in [9.17, 15) is 0 Å². The van der Waals surface area contributed by atoms with Gasteiger partial charge in [-0.25, -0.2) is 0 Å². The van der Waals surface area contributed by atoms with Crippen molar-refractivity contribution in [2.24, 2.45) is 11.1 Å². The van der Waals surface area contributed by atoms with E-state index in [1.165, 1.54) is 12.8 Å². The van der Waals surface area contributed by atoms with Crippen LogP contribution in [0.2, 0.25) is 5.02 Å². The number of ether oxygens (including phenoxy) is 1. The van der Waals surface area contributed by atoms with E-state index in [1.54, 1.807) is 7.11 Å². The molecule has 1 unspecified atom stereocenters. The summed E-state index contributed by atoms with van der Waals surface area (Å²) in [6.07, 6.45) is 2.41. The van der Waals surface area contributed by atoms with Crippen LogP contribution in [0, 0.1) is 5.41 Å². The molecule has 0 saturated heterocycles. The largest absolute Gasteiger partial charge is 0.495 e. The highest BCUT2D eigenvalue weighted by molar-refractivity contribution is 6.32. The van der Waals surface area contributed by atoms with Crippen LogP contribution in [0.3, 0.4) is 0 Å². The van der Waals surface area contributed by atoms with Crippen LogP contribution in [-0.4, -0.2) is 7.11 Å². The average molecular weight is 226 g/mol. The van der Waals surface area contributed by atoms with E-state index in [0.29, 0.717) is 10.8 Å². The summed E-state index contributed by atoms with van der Waals surface area (Å²) in [4.78, 5) is 0. The maximum Gasteiger partial charge on any atom is 0.137 e. The average Bonchev–Trinajstić information content (AvgIpc) is 2.96. The van der Waals surface area contributed by atoms with Crippen molar-refractivity contribution >= 4 is 11.6 Å². The van der Waals surface area contributed by atoms with Crippen LogP contribution in [0.4, 0.5) is 0 Å². The first-order valence-electron chi connectivity index (χ1n) is 5.16. The Balaban J connectivity index is 2.26. The van der Waals surface area contributed by atoms with Gasteiger partial charge >= 0.3 is 0 Å². The van der Waals surface area contributed by atoms with Crippen LogP contribution in [0.25, 0.3) is 0 Å². The monoisotopic (exact) mass is 225 g/mol. The Kier molecular flexibility index (Phi) is 2.65. The molecule has 0 spiro atoms. The van der Waals surface area contributed by atoms with Crippen LogP contribution in [0.15, 0.2) is 18.2 Å². The molecule has 2 rings (SSSR count). The topological polar surface area (TPSA) is 35.2 Å². The molecule has 0 aliphatic heterocycles. The lowest BCUT2D eigenvalue weighted by Gasteiger charge is -2.19. The lowest BCUT2D eigenvalue weighted by atomic mass is 9.93. The molecule has 1 saturated carbocycles. The van der Waals surface area contributed by atoms with Crippen molar-refractivity contribution in [2.45, 2.75) is 25.8 Å². The van der Waals surface area contributed by atoms with Gasteiger partial charge in [0, 0.05) is 6.04 Å². The van der Waals surface area contributed by atoms with Crippen molar-refractivity contribution in [2.75, 3.05) is 7.11 Å². The van der Waals surface area contributed by atoms with Crippen molar-refractivity contribution in [3.8, 4) is 5.75 Å². The van der Waals surface area contributed by atoms with Gasteiger partial charge in [-0.1, -0.05) is 24.6 Å². The first-order chi connectivity index (χ1) is 7.07. The second-order valence-electron chi connectivity index (χ2n) is 4.53. The zero-order valence-electron chi connectivity index (χ0n) is 9.09. The fourth-order valence-corrected chi connectivity index (χ4v) is 2.05. The summed E-state index contributed by atoms with van der Waals surface area (Å²) >= 11 is 6.06. The van der Waals surface area contributed by atoms with E-state index in [4.69, 9.17) is 22.1 Å². The molecule has 1 aromatic carbocycles. The zero-order chi connectivity index (χ0) is 11.1. The molecule has 2 N–H and O–H groups in total. The number of rotatable bonds is 3. The molecule has 0 aromatic heterocycles. The number of methoxy groups -OCH3 is 1. The molecule has 1 fully saturated rings. The highest BCUT2D eigenvalue weighted by atomic mass is 35.5. The Labute approximate surface area is 95.4 Å². The second-order valence-corrected chi connectivity index (χ2v) is 4.93. The molecule has 0 amide bonds. The quantitative estimate of drug-likeness (QED) is 0.858. The fraction of sp³-hybridized carbons (Fsp3) is 0.500. The molecular formula is C12H16ClNO. The van der Waals surface area contributed by atoms with Gasteiger partial charge in [-0.05, 0) is 36.0 Å². The number of benzene rings is 1. The van der Waals surface area contributed by atoms with Crippen molar-refractivity contribution < 1.29 is 4.74 Å². The highest BCUT2D eigenvalue weighted by Crippen LogP contribution is 2.53. The van der Waals surface area contributed by atoms with Gasteiger partial charge in [0.2, 0.25) is 0 Å². The minimum absolute atomic E-state index is 0.0842. The lowest BCUT2D eigenvalue weighted by molar-refractivity contribution is 0.413. The van der Waals surface area contributed by atoms with Gasteiger partial charge in [-0.3, -0.25) is 0 Å². The Morgan fingerprint density at radius 3 is 2.60 bits per heavy atom. The summed E-state index contributed by atoms with van der Waals surface area (Å²) in [6.45, 7) is 2.22. The number of halogens is 1. The molecule has 2 nitrogen and oxygen atoms in total. The SMILES string of the molecule is COc1ccc(C(N)C2(C)CC2)cc1Cl. The van der Waals surface area contributed by atoms with Crippen molar-refractivity contribution in [1.82, 2.24) is 0 Å². The summed E-state index contributed by atoms with van der Waals surface area (Å²) in [5.74, 6) is 0.702. The summed E-state index contributed by atoms with van der Waals surface area (Å²) in [5, 5.41) is 0.634. The van der Waals surface area contributed by atoms with E-state index in [1.807, 2.05) is 18.2 Å². The summed E-state index contributed by atoms with van der Waals surface area (Å²) in [5.41, 5.74) is 7.57. The minimum atomic E-state index is 0.0842. The van der Waals surface area contributed by atoms with Gasteiger partial charge in [0.25, 0.3) is 0 Å². The van der Waals surface area contributed by atoms with Crippen molar-refractivity contribution in [3.05, 3.63) is 28.8 Å². The number of hydrogen-bond donors (Lipinski definition) is 1. The van der Waals surface area contributed by atoms with Gasteiger partial charge in [0.05, 0.1) is 12.1 Å². The molecule has 1 atom stereocenters. The molecule has 1 aliphatic rings. The van der Waals surface area contributed by atoms with Crippen molar-refractivity contribution in [1.29, 1.82) is 0 Å². The van der Waals surface area contributed by atoms with E-state index in [2.05, 4.69) is 6.92 Å². The first-order valence-corrected chi connectivity index (χ1v) is 5.54. The molecule has 0 heterocycles. The molecule has 82 valence electrons. The highest BCUT2D eigenvalue weighted by Gasteiger charge is 2.43. The predicted molar refractivity (Wildman–Crippen MR) is 62.3 cm³/mol. The van der Waals surface area contributed by atoms with Gasteiger partial charge in [-0.2, -0.15) is 0 Å². The second kappa shape index (κ2) is 3.69. The van der Waals surface area contributed by atoms with E-state index >= 15 is 0 Å². The summed E-state index contributed by atoms with van der Waals surface area (Å²) in [6, 6.07) is 5.87. The van der Waals surface area contributed by atoms with Gasteiger partial charge in [0.15, 0.2) is 0 Å². The van der Waals surface area contributed by atoms with Gasteiger partial charge in [-0.15, -0.1) is 0 Å². The van der Waals surface area contributed by atoms with E-state index in [0.717, 1.165) is 5.56 Å². The lowest BCUT2D eigenvalue weighted by Crippen LogP contribution is -2.19. The number of nitrogens with two attached hydrogens (primary N) is 1. The van der Waals surface area contributed by atoms with Crippen molar-refractivity contribution in [3.63, 3.8) is 0 Å². The molecule has 1 aliphatic carbocycles. The summed E-state index contributed by atoms with van der Waals surface area (Å²) in [7, 11) is 1.61. The van der Waals surface area contributed by atoms with Crippen LogP contribution < -0.4 is 10.5 Å². The zero-order valence-corrected chi connectivity index (χ0v) is 9.84. The third-order valence-corrected chi connectivity index (χ3v) is 3.62. The Morgan fingerprint density at radius 1 is 1.47 bits per heavy atom. The van der Waals surface area contributed by atoms with E-state index in [-0.39, 0.29) is 11.5 Å². The van der Waals surface area contributed by atoms with Crippen LogP contribution >= 0.6 is 11.6 Å². The fourth-order valence-electron chi connectivity index (χ4n) is 1.79. The molecule has 0 bridgehead atoms. The third kappa shape index (κ3) is 1.97.